The first-order valence-electron chi connectivity index (χ1n) is 7.29. The van der Waals surface area contributed by atoms with E-state index in [1.54, 1.807) is 0 Å². The molecule has 2 nitrogen and oxygen atoms in total. The summed E-state index contributed by atoms with van der Waals surface area (Å²) in [5.41, 5.74) is 0.845. The van der Waals surface area contributed by atoms with Crippen LogP contribution in [0.15, 0.2) is 0 Å². The summed E-state index contributed by atoms with van der Waals surface area (Å²) in [6, 6.07) is 0. The lowest BCUT2D eigenvalue weighted by Gasteiger charge is -2.38. The summed E-state index contributed by atoms with van der Waals surface area (Å²) in [4.78, 5) is 0. The quantitative estimate of drug-likeness (QED) is 0.746. The number of rotatable bonds is 6. The van der Waals surface area contributed by atoms with Crippen LogP contribution in [0.3, 0.4) is 0 Å². The molecule has 1 heterocycles. The minimum absolute atomic E-state index is 0.414. The molecule has 0 aromatic rings. The van der Waals surface area contributed by atoms with Gasteiger partial charge in [-0.2, -0.15) is 0 Å². The highest BCUT2D eigenvalue weighted by Crippen LogP contribution is 2.31. The van der Waals surface area contributed by atoms with Gasteiger partial charge in [-0.3, -0.25) is 0 Å². The van der Waals surface area contributed by atoms with Crippen molar-refractivity contribution in [2.24, 2.45) is 16.7 Å². The first kappa shape index (κ1) is 15.0. The molecule has 0 saturated carbocycles. The second kappa shape index (κ2) is 6.19. The maximum Gasteiger partial charge on any atom is 0.000588 e. The van der Waals surface area contributed by atoms with Crippen LogP contribution in [-0.4, -0.2) is 26.2 Å². The predicted octanol–water partition coefficient (Wildman–Crippen LogP) is 3.04. The molecule has 0 aromatic carbocycles. The van der Waals surface area contributed by atoms with Gasteiger partial charge >= 0.3 is 0 Å². The SMILES string of the molecule is CCC(C)(C)CNCC(C)(C)C1CCCNC1. The van der Waals surface area contributed by atoms with E-state index >= 15 is 0 Å². The van der Waals surface area contributed by atoms with Gasteiger partial charge in [0.1, 0.15) is 0 Å². The molecule has 1 unspecified atom stereocenters. The van der Waals surface area contributed by atoms with Crippen LogP contribution in [0.5, 0.6) is 0 Å². The zero-order valence-corrected chi connectivity index (χ0v) is 12.5. The van der Waals surface area contributed by atoms with Crippen molar-refractivity contribution in [1.82, 2.24) is 10.6 Å². The highest BCUT2D eigenvalue weighted by molar-refractivity contribution is 4.85. The van der Waals surface area contributed by atoms with E-state index in [-0.39, 0.29) is 0 Å². The third-order valence-corrected chi connectivity index (χ3v) is 4.54. The Bertz CT molecular complexity index is 215. The van der Waals surface area contributed by atoms with Gasteiger partial charge in [-0.15, -0.1) is 0 Å². The summed E-state index contributed by atoms with van der Waals surface area (Å²) >= 11 is 0. The van der Waals surface area contributed by atoms with Gasteiger partial charge < -0.3 is 10.6 Å². The molecule has 1 rings (SSSR count). The Morgan fingerprint density at radius 1 is 1.18 bits per heavy atom. The van der Waals surface area contributed by atoms with E-state index in [0.29, 0.717) is 10.8 Å². The van der Waals surface area contributed by atoms with E-state index in [1.807, 2.05) is 0 Å². The van der Waals surface area contributed by atoms with E-state index < -0.39 is 0 Å². The summed E-state index contributed by atoms with van der Waals surface area (Å²) < 4.78 is 0. The van der Waals surface area contributed by atoms with Crippen molar-refractivity contribution in [3.8, 4) is 0 Å². The second-order valence-electron chi connectivity index (χ2n) is 7.15. The van der Waals surface area contributed by atoms with Crippen LogP contribution < -0.4 is 10.6 Å². The smallest absolute Gasteiger partial charge is 0.000588 e. The minimum atomic E-state index is 0.414. The Balaban J connectivity index is 2.33. The lowest BCUT2D eigenvalue weighted by molar-refractivity contribution is 0.159. The van der Waals surface area contributed by atoms with Crippen molar-refractivity contribution in [3.05, 3.63) is 0 Å². The highest BCUT2D eigenvalue weighted by atomic mass is 14.9. The van der Waals surface area contributed by atoms with E-state index in [9.17, 15) is 0 Å². The fourth-order valence-corrected chi connectivity index (χ4v) is 2.51. The first-order valence-corrected chi connectivity index (χ1v) is 7.29. The third kappa shape index (κ3) is 4.97. The molecule has 1 fully saturated rings. The van der Waals surface area contributed by atoms with Gasteiger partial charge in [0, 0.05) is 13.1 Å². The largest absolute Gasteiger partial charge is 0.316 e. The molecule has 0 spiro atoms. The van der Waals surface area contributed by atoms with Crippen molar-refractivity contribution < 1.29 is 0 Å². The lowest BCUT2D eigenvalue weighted by atomic mass is 9.75. The van der Waals surface area contributed by atoms with Crippen molar-refractivity contribution in [1.29, 1.82) is 0 Å². The van der Waals surface area contributed by atoms with E-state index in [4.69, 9.17) is 0 Å². The average molecular weight is 240 g/mol. The van der Waals surface area contributed by atoms with Crippen LogP contribution in [0.25, 0.3) is 0 Å². The van der Waals surface area contributed by atoms with Gasteiger partial charge in [0.25, 0.3) is 0 Å². The summed E-state index contributed by atoms with van der Waals surface area (Å²) in [6.45, 7) is 16.5. The molecular weight excluding hydrogens is 208 g/mol. The van der Waals surface area contributed by atoms with Crippen LogP contribution in [-0.2, 0) is 0 Å². The molecule has 2 N–H and O–H groups in total. The maximum atomic E-state index is 3.69. The molecule has 1 atom stereocenters. The van der Waals surface area contributed by atoms with Gasteiger partial charge in [-0.25, -0.2) is 0 Å². The normalized spacial score (nSPS) is 22.8. The maximum absolute atomic E-state index is 3.69. The standard InChI is InChI=1S/C15H32N2/c1-6-14(2,3)11-17-12-15(4,5)13-8-7-9-16-10-13/h13,16-17H,6-12H2,1-5H3. The predicted molar refractivity (Wildman–Crippen MR) is 76.3 cm³/mol. The van der Waals surface area contributed by atoms with Crippen molar-refractivity contribution in [3.63, 3.8) is 0 Å². The van der Waals surface area contributed by atoms with Crippen molar-refractivity contribution >= 4 is 0 Å². The molecule has 0 amide bonds. The topological polar surface area (TPSA) is 24.1 Å². The molecular formula is C15H32N2. The van der Waals surface area contributed by atoms with E-state index in [0.717, 1.165) is 19.0 Å². The van der Waals surface area contributed by atoms with Crippen LogP contribution in [0.1, 0.15) is 53.9 Å². The second-order valence-corrected chi connectivity index (χ2v) is 7.15. The highest BCUT2D eigenvalue weighted by Gasteiger charge is 2.30. The molecule has 0 aliphatic carbocycles. The summed E-state index contributed by atoms with van der Waals surface area (Å²) in [7, 11) is 0. The number of nitrogens with one attached hydrogen (secondary N) is 2. The molecule has 102 valence electrons. The van der Waals surface area contributed by atoms with Crippen LogP contribution >= 0.6 is 0 Å². The molecule has 1 aliphatic heterocycles. The Morgan fingerprint density at radius 3 is 2.41 bits per heavy atom. The van der Waals surface area contributed by atoms with E-state index in [2.05, 4.69) is 45.3 Å². The monoisotopic (exact) mass is 240 g/mol. The molecule has 0 radical (unpaired) electrons. The minimum Gasteiger partial charge on any atom is -0.316 e. The van der Waals surface area contributed by atoms with Crippen molar-refractivity contribution in [2.45, 2.75) is 53.9 Å². The van der Waals surface area contributed by atoms with Gasteiger partial charge in [0.05, 0.1) is 0 Å². The fourth-order valence-electron chi connectivity index (χ4n) is 2.51. The van der Waals surface area contributed by atoms with Gasteiger partial charge in [-0.1, -0.05) is 34.6 Å². The van der Waals surface area contributed by atoms with E-state index in [1.165, 1.54) is 32.4 Å². The first-order chi connectivity index (χ1) is 7.87. The average Bonchev–Trinajstić information content (AvgIpc) is 2.30. The molecule has 0 aromatic heterocycles. The molecule has 2 heteroatoms. The van der Waals surface area contributed by atoms with Crippen LogP contribution in [0.2, 0.25) is 0 Å². The summed E-state index contributed by atoms with van der Waals surface area (Å²) in [5, 5.41) is 7.22. The van der Waals surface area contributed by atoms with Gasteiger partial charge in [0.15, 0.2) is 0 Å². The third-order valence-electron chi connectivity index (χ3n) is 4.54. The zero-order chi connectivity index (χ0) is 12.9. The van der Waals surface area contributed by atoms with Crippen LogP contribution in [0.4, 0.5) is 0 Å². The summed E-state index contributed by atoms with van der Waals surface area (Å²) in [5.74, 6) is 0.827. The molecule has 1 saturated heterocycles. The van der Waals surface area contributed by atoms with Crippen LogP contribution in [0, 0.1) is 16.7 Å². The zero-order valence-electron chi connectivity index (χ0n) is 12.5. The Morgan fingerprint density at radius 2 is 1.88 bits per heavy atom. The lowest BCUT2D eigenvalue weighted by Crippen LogP contribution is -2.44. The van der Waals surface area contributed by atoms with Crippen molar-refractivity contribution in [2.75, 3.05) is 26.2 Å². The van der Waals surface area contributed by atoms with Gasteiger partial charge in [-0.05, 0) is 49.1 Å². The van der Waals surface area contributed by atoms with Gasteiger partial charge in [0.2, 0.25) is 0 Å². The number of hydrogen-bond acceptors (Lipinski definition) is 2. The summed E-state index contributed by atoms with van der Waals surface area (Å²) in [6.07, 6.45) is 3.97. The number of piperidine rings is 1. The molecule has 1 aliphatic rings. The Kier molecular flexibility index (Phi) is 5.46. The Hall–Kier alpha value is -0.0800. The Labute approximate surface area is 108 Å². The molecule has 17 heavy (non-hydrogen) atoms. The molecule has 0 bridgehead atoms. The number of hydrogen-bond donors (Lipinski definition) is 2. The fraction of sp³-hybridized carbons (Fsp3) is 1.00.